The van der Waals surface area contributed by atoms with Crippen LogP contribution in [0.2, 0.25) is 0 Å². The molecule has 134 valence electrons. The van der Waals surface area contributed by atoms with Gasteiger partial charge in [-0.15, -0.1) is 11.3 Å². The molecule has 1 amide bonds. The number of amides is 1. The molecule has 1 aliphatic carbocycles. The van der Waals surface area contributed by atoms with Gasteiger partial charge in [0, 0.05) is 17.0 Å². The number of fused-ring (bicyclic) bond motifs is 1. The summed E-state index contributed by atoms with van der Waals surface area (Å²) in [4.78, 5) is 35.5. The van der Waals surface area contributed by atoms with Crippen LogP contribution in [0.4, 0.5) is 10.7 Å². The molecule has 0 bridgehead atoms. The number of thiophene rings is 1. The number of nitrogens with zero attached hydrogens (tertiary/aromatic N) is 3. The predicted octanol–water partition coefficient (Wildman–Crippen LogP) is 2.60. The zero-order chi connectivity index (χ0) is 18.7. The molecule has 0 aliphatic heterocycles. The maximum absolute atomic E-state index is 12.3. The van der Waals surface area contributed by atoms with Gasteiger partial charge in [0.1, 0.15) is 17.6 Å². The molecule has 3 rings (SSSR count). The van der Waals surface area contributed by atoms with Crippen molar-refractivity contribution < 1.29 is 9.72 Å². The van der Waals surface area contributed by atoms with Crippen LogP contribution in [0.1, 0.15) is 35.3 Å². The van der Waals surface area contributed by atoms with Crippen LogP contribution in [0.3, 0.4) is 0 Å². The third-order valence-corrected chi connectivity index (χ3v) is 5.49. The lowest BCUT2D eigenvalue weighted by Gasteiger charge is -2.06. The topological polar surface area (TPSA) is 118 Å². The van der Waals surface area contributed by atoms with Gasteiger partial charge in [0.15, 0.2) is 0 Å². The van der Waals surface area contributed by atoms with E-state index in [2.05, 4.69) is 11.4 Å². The Morgan fingerprint density at radius 2 is 2.12 bits per heavy atom. The van der Waals surface area contributed by atoms with E-state index in [0.29, 0.717) is 10.6 Å². The minimum Gasteiger partial charge on any atom is -0.315 e. The second kappa shape index (κ2) is 7.49. The third kappa shape index (κ3) is 3.65. The average Bonchev–Trinajstić information content (AvgIpc) is 2.76. The van der Waals surface area contributed by atoms with Crippen molar-refractivity contribution in [3.05, 3.63) is 54.8 Å². The van der Waals surface area contributed by atoms with Crippen LogP contribution in [0.15, 0.2) is 23.1 Å². The zero-order valence-electron chi connectivity index (χ0n) is 13.9. The average molecular weight is 372 g/mol. The van der Waals surface area contributed by atoms with Gasteiger partial charge in [-0.2, -0.15) is 5.26 Å². The summed E-state index contributed by atoms with van der Waals surface area (Å²) in [6.07, 6.45) is 5.98. The van der Waals surface area contributed by atoms with Crippen LogP contribution in [-0.2, 0) is 24.2 Å². The van der Waals surface area contributed by atoms with Crippen molar-refractivity contribution >= 4 is 27.9 Å². The largest absolute Gasteiger partial charge is 0.315 e. The molecule has 8 nitrogen and oxygen atoms in total. The number of hydrogen-bond acceptors (Lipinski definition) is 6. The molecule has 0 radical (unpaired) electrons. The molecule has 1 N–H and O–H groups in total. The Hall–Kier alpha value is -2.99. The fourth-order valence-corrected chi connectivity index (χ4v) is 4.28. The SMILES string of the molecule is N#Cc1c(NC(=O)Cn2cc([N+](=O)[O-])ccc2=O)sc2c1CCCCC2. The number of rotatable bonds is 4. The van der Waals surface area contributed by atoms with Gasteiger partial charge in [0.05, 0.1) is 16.7 Å². The van der Waals surface area contributed by atoms with E-state index in [-0.39, 0.29) is 12.2 Å². The molecule has 2 aromatic rings. The van der Waals surface area contributed by atoms with Crippen molar-refractivity contribution in [1.82, 2.24) is 4.57 Å². The van der Waals surface area contributed by atoms with E-state index in [1.54, 1.807) is 0 Å². The summed E-state index contributed by atoms with van der Waals surface area (Å²) in [5, 5.41) is 23.5. The van der Waals surface area contributed by atoms with Crippen molar-refractivity contribution in [2.24, 2.45) is 0 Å². The lowest BCUT2D eigenvalue weighted by Crippen LogP contribution is -2.26. The van der Waals surface area contributed by atoms with Crippen LogP contribution < -0.4 is 10.9 Å². The smallest absolute Gasteiger partial charge is 0.285 e. The predicted molar refractivity (Wildman–Crippen MR) is 96.3 cm³/mol. The minimum absolute atomic E-state index is 0.266. The first-order valence-corrected chi connectivity index (χ1v) is 9.00. The fraction of sp³-hybridized carbons (Fsp3) is 0.353. The Balaban J connectivity index is 1.81. The normalized spacial score (nSPS) is 13.3. The summed E-state index contributed by atoms with van der Waals surface area (Å²) < 4.78 is 0.984. The van der Waals surface area contributed by atoms with Gasteiger partial charge in [-0.25, -0.2) is 0 Å². The fourth-order valence-electron chi connectivity index (χ4n) is 3.02. The van der Waals surface area contributed by atoms with Crippen LogP contribution in [0.25, 0.3) is 0 Å². The van der Waals surface area contributed by atoms with E-state index in [1.165, 1.54) is 11.3 Å². The molecule has 0 aromatic carbocycles. The number of aryl methyl sites for hydroxylation is 1. The molecule has 0 saturated carbocycles. The number of nitrogens with one attached hydrogen (secondary N) is 1. The molecule has 2 heterocycles. The highest BCUT2D eigenvalue weighted by atomic mass is 32.1. The highest BCUT2D eigenvalue weighted by molar-refractivity contribution is 7.16. The van der Waals surface area contributed by atoms with Gasteiger partial charge in [0.25, 0.3) is 11.2 Å². The molecule has 0 atom stereocenters. The van der Waals surface area contributed by atoms with Gasteiger partial charge in [-0.05, 0) is 31.2 Å². The van der Waals surface area contributed by atoms with Crippen molar-refractivity contribution in [2.45, 2.75) is 38.6 Å². The lowest BCUT2D eigenvalue weighted by molar-refractivity contribution is -0.385. The molecular formula is C17H16N4O4S. The molecule has 0 fully saturated rings. The quantitative estimate of drug-likeness (QED) is 0.503. The Morgan fingerprint density at radius 3 is 2.85 bits per heavy atom. The first-order valence-electron chi connectivity index (χ1n) is 8.19. The Kier molecular flexibility index (Phi) is 5.14. The van der Waals surface area contributed by atoms with Crippen molar-refractivity contribution in [3.63, 3.8) is 0 Å². The van der Waals surface area contributed by atoms with E-state index in [4.69, 9.17) is 0 Å². The van der Waals surface area contributed by atoms with Crippen LogP contribution in [-0.4, -0.2) is 15.4 Å². The van der Waals surface area contributed by atoms with E-state index in [1.807, 2.05) is 0 Å². The number of nitro groups is 1. The van der Waals surface area contributed by atoms with Gasteiger partial charge < -0.3 is 5.32 Å². The summed E-state index contributed by atoms with van der Waals surface area (Å²) in [7, 11) is 0. The number of hydrogen-bond donors (Lipinski definition) is 1. The number of carbonyl (C=O) groups is 1. The van der Waals surface area contributed by atoms with E-state index >= 15 is 0 Å². The maximum Gasteiger partial charge on any atom is 0.285 e. The van der Waals surface area contributed by atoms with E-state index in [0.717, 1.165) is 65.4 Å². The number of carbonyl (C=O) groups excluding carboxylic acids is 1. The number of pyridine rings is 1. The molecule has 9 heteroatoms. The Morgan fingerprint density at radius 1 is 1.35 bits per heavy atom. The third-order valence-electron chi connectivity index (χ3n) is 4.28. The summed E-state index contributed by atoms with van der Waals surface area (Å²) >= 11 is 1.40. The Labute approximate surface area is 152 Å². The summed E-state index contributed by atoms with van der Waals surface area (Å²) in [6, 6.07) is 4.33. The number of aromatic nitrogens is 1. The monoisotopic (exact) mass is 372 g/mol. The molecule has 0 spiro atoms. The van der Waals surface area contributed by atoms with Crippen molar-refractivity contribution in [1.29, 1.82) is 5.26 Å². The van der Waals surface area contributed by atoms with Gasteiger partial charge >= 0.3 is 0 Å². The molecule has 1 aliphatic rings. The summed E-state index contributed by atoms with van der Waals surface area (Å²) in [6.45, 7) is -0.353. The molecule has 26 heavy (non-hydrogen) atoms. The molecule has 0 saturated heterocycles. The number of nitriles is 1. The van der Waals surface area contributed by atoms with Crippen molar-refractivity contribution in [3.8, 4) is 6.07 Å². The second-order valence-corrected chi connectivity index (χ2v) is 7.14. The summed E-state index contributed by atoms with van der Waals surface area (Å²) in [5.41, 5.74) is 0.732. The van der Waals surface area contributed by atoms with Gasteiger partial charge in [0.2, 0.25) is 5.91 Å². The standard InChI is InChI=1S/C17H16N4O4S/c18-8-13-12-4-2-1-3-5-14(12)26-17(13)19-15(22)10-20-9-11(21(24)25)6-7-16(20)23/h6-7,9H,1-5,10H2,(H,19,22). The van der Waals surface area contributed by atoms with Gasteiger partial charge in [-0.3, -0.25) is 24.3 Å². The molecule has 2 aromatic heterocycles. The van der Waals surface area contributed by atoms with Crippen LogP contribution in [0, 0.1) is 21.4 Å². The van der Waals surface area contributed by atoms with E-state index < -0.39 is 16.4 Å². The first kappa shape index (κ1) is 17.8. The number of anilines is 1. The lowest BCUT2D eigenvalue weighted by atomic mass is 10.1. The van der Waals surface area contributed by atoms with Crippen LogP contribution >= 0.6 is 11.3 Å². The summed E-state index contributed by atoms with van der Waals surface area (Å²) in [5.74, 6) is -0.500. The highest BCUT2D eigenvalue weighted by Gasteiger charge is 2.21. The van der Waals surface area contributed by atoms with Gasteiger partial charge in [-0.1, -0.05) is 6.42 Å². The van der Waals surface area contributed by atoms with E-state index in [9.17, 15) is 25.0 Å². The maximum atomic E-state index is 12.3. The van der Waals surface area contributed by atoms with Crippen molar-refractivity contribution in [2.75, 3.05) is 5.32 Å². The van der Waals surface area contributed by atoms with Crippen LogP contribution in [0.5, 0.6) is 0 Å². The zero-order valence-corrected chi connectivity index (χ0v) is 14.7. The highest BCUT2D eigenvalue weighted by Crippen LogP contribution is 2.36. The molecular weight excluding hydrogens is 356 g/mol. The second-order valence-electron chi connectivity index (χ2n) is 6.04. The first-order chi connectivity index (χ1) is 12.5. The molecule has 0 unspecified atom stereocenters. The Bertz CT molecular complexity index is 970. The minimum atomic E-state index is -0.627.